The minimum Gasteiger partial charge on any atom is -0.393 e. The number of hydrogen-bond acceptors (Lipinski definition) is 3. The van der Waals surface area contributed by atoms with E-state index in [4.69, 9.17) is 5.11 Å². The number of amides is 2. The number of anilines is 1. The number of urea groups is 1. The number of aliphatic hydroxyl groups excluding tert-OH is 1. The van der Waals surface area contributed by atoms with Gasteiger partial charge in [-0.3, -0.25) is 4.79 Å². The summed E-state index contributed by atoms with van der Waals surface area (Å²) in [7, 11) is 0. The summed E-state index contributed by atoms with van der Waals surface area (Å²) in [5.41, 5.74) is 2.40. The van der Waals surface area contributed by atoms with Gasteiger partial charge < -0.3 is 15.7 Å². The second-order valence-electron chi connectivity index (χ2n) is 5.17. The topological polar surface area (TPSA) is 78.4 Å². The zero-order valence-electron chi connectivity index (χ0n) is 11.6. The Morgan fingerprint density at radius 1 is 1.40 bits per heavy atom. The fourth-order valence-corrected chi connectivity index (χ4v) is 2.28. The third-order valence-electron chi connectivity index (χ3n) is 3.37. The lowest BCUT2D eigenvalue weighted by molar-refractivity contribution is 0.0972. The van der Waals surface area contributed by atoms with E-state index >= 15 is 0 Å². The Balaban J connectivity index is 1.95. The van der Waals surface area contributed by atoms with Crippen molar-refractivity contribution in [1.82, 2.24) is 5.32 Å². The summed E-state index contributed by atoms with van der Waals surface area (Å²) >= 11 is 0. The van der Waals surface area contributed by atoms with Crippen molar-refractivity contribution < 1.29 is 14.7 Å². The van der Waals surface area contributed by atoms with E-state index in [9.17, 15) is 9.59 Å². The van der Waals surface area contributed by atoms with Gasteiger partial charge in [0.05, 0.1) is 6.10 Å². The quantitative estimate of drug-likeness (QED) is 0.788. The predicted octanol–water partition coefficient (Wildman–Crippen LogP) is 2.10. The van der Waals surface area contributed by atoms with Crippen molar-refractivity contribution in [3.8, 4) is 0 Å². The van der Waals surface area contributed by atoms with Crippen LogP contribution in [0.3, 0.4) is 0 Å². The molecule has 1 aromatic carbocycles. The van der Waals surface area contributed by atoms with Crippen LogP contribution in [0.1, 0.15) is 42.1 Å². The van der Waals surface area contributed by atoms with Gasteiger partial charge in [0.1, 0.15) is 0 Å². The van der Waals surface area contributed by atoms with E-state index in [2.05, 4.69) is 10.6 Å². The lowest BCUT2D eigenvalue weighted by Crippen LogP contribution is -2.31. The van der Waals surface area contributed by atoms with Gasteiger partial charge in [0, 0.05) is 24.2 Å². The van der Waals surface area contributed by atoms with E-state index in [0.29, 0.717) is 25.1 Å². The van der Waals surface area contributed by atoms with Crippen molar-refractivity contribution in [3.05, 3.63) is 29.3 Å². The van der Waals surface area contributed by atoms with E-state index in [-0.39, 0.29) is 11.8 Å². The number of nitrogens with one attached hydrogen (secondary N) is 2. The first-order valence-electron chi connectivity index (χ1n) is 6.95. The van der Waals surface area contributed by atoms with Crippen LogP contribution >= 0.6 is 0 Å². The number of carbonyl (C=O) groups is 2. The minimum atomic E-state index is -0.434. The second-order valence-corrected chi connectivity index (χ2v) is 5.17. The van der Waals surface area contributed by atoms with Gasteiger partial charge in [-0.25, -0.2) is 4.79 Å². The molecule has 1 aliphatic rings. The first kappa shape index (κ1) is 14.5. The van der Waals surface area contributed by atoms with Crippen LogP contribution in [0.5, 0.6) is 0 Å². The van der Waals surface area contributed by atoms with Crippen LogP contribution in [-0.4, -0.2) is 29.6 Å². The molecule has 0 heterocycles. The smallest absolute Gasteiger partial charge is 0.319 e. The van der Waals surface area contributed by atoms with Gasteiger partial charge in [-0.2, -0.15) is 0 Å². The zero-order valence-corrected chi connectivity index (χ0v) is 11.6. The Bertz CT molecular complexity index is 512. The van der Waals surface area contributed by atoms with Crippen LogP contribution in [0.2, 0.25) is 0 Å². The zero-order chi connectivity index (χ0) is 14.5. The van der Waals surface area contributed by atoms with E-state index in [1.54, 1.807) is 13.0 Å². The molecule has 0 aromatic heterocycles. The van der Waals surface area contributed by atoms with Gasteiger partial charge in [-0.05, 0) is 43.9 Å². The molecule has 5 nitrogen and oxygen atoms in total. The maximum atomic E-state index is 11.8. The molecule has 0 saturated carbocycles. The van der Waals surface area contributed by atoms with E-state index in [1.807, 2.05) is 12.1 Å². The summed E-state index contributed by atoms with van der Waals surface area (Å²) in [5, 5.41) is 14.5. The van der Waals surface area contributed by atoms with Gasteiger partial charge >= 0.3 is 6.03 Å². The lowest BCUT2D eigenvalue weighted by atomic mass is 9.90. The molecule has 1 atom stereocenters. The largest absolute Gasteiger partial charge is 0.393 e. The summed E-state index contributed by atoms with van der Waals surface area (Å²) in [6.07, 6.45) is 2.48. The van der Waals surface area contributed by atoms with E-state index in [0.717, 1.165) is 24.0 Å². The average molecular weight is 276 g/mol. The molecule has 0 fully saturated rings. The Morgan fingerprint density at radius 2 is 2.20 bits per heavy atom. The molecule has 0 bridgehead atoms. The van der Waals surface area contributed by atoms with Crippen molar-refractivity contribution in [2.24, 2.45) is 0 Å². The molecular formula is C15H20N2O3. The van der Waals surface area contributed by atoms with Crippen LogP contribution in [-0.2, 0) is 6.42 Å². The summed E-state index contributed by atoms with van der Waals surface area (Å²) in [6, 6.07) is 5.13. The van der Waals surface area contributed by atoms with Crippen molar-refractivity contribution in [1.29, 1.82) is 0 Å². The highest BCUT2D eigenvalue weighted by Gasteiger charge is 2.17. The lowest BCUT2D eigenvalue weighted by Gasteiger charge is -2.16. The number of carbonyl (C=O) groups excluding carboxylic acids is 2. The van der Waals surface area contributed by atoms with Crippen molar-refractivity contribution >= 4 is 17.5 Å². The van der Waals surface area contributed by atoms with E-state index in [1.165, 1.54) is 0 Å². The molecule has 1 unspecified atom stereocenters. The molecule has 108 valence electrons. The monoisotopic (exact) mass is 276 g/mol. The van der Waals surface area contributed by atoms with Gasteiger partial charge in [0.25, 0.3) is 0 Å². The van der Waals surface area contributed by atoms with Crippen LogP contribution < -0.4 is 10.6 Å². The molecule has 20 heavy (non-hydrogen) atoms. The molecule has 5 heteroatoms. The molecule has 2 rings (SSSR count). The fourth-order valence-electron chi connectivity index (χ4n) is 2.28. The Hall–Kier alpha value is -1.88. The molecule has 1 aliphatic carbocycles. The summed E-state index contributed by atoms with van der Waals surface area (Å²) in [5.74, 6) is 0.143. The van der Waals surface area contributed by atoms with Crippen molar-refractivity contribution in [2.75, 3.05) is 11.9 Å². The number of hydrogen-bond donors (Lipinski definition) is 3. The Kier molecular flexibility index (Phi) is 4.74. The number of ketones is 1. The number of Topliss-reactive ketones (excluding diaryl/α,β-unsaturated/α-hetero) is 1. The molecule has 1 aromatic rings. The first-order valence-corrected chi connectivity index (χ1v) is 6.95. The fraction of sp³-hybridized carbons (Fsp3) is 0.467. The SMILES string of the molecule is CC(O)CCNC(=O)Nc1ccc2c(c1)C(=O)CCC2. The van der Waals surface area contributed by atoms with Crippen LogP contribution in [0.15, 0.2) is 18.2 Å². The Morgan fingerprint density at radius 3 is 2.95 bits per heavy atom. The van der Waals surface area contributed by atoms with Gasteiger partial charge in [0.2, 0.25) is 0 Å². The van der Waals surface area contributed by atoms with Gasteiger partial charge in [0.15, 0.2) is 5.78 Å². The number of fused-ring (bicyclic) bond motifs is 1. The Labute approximate surface area is 118 Å². The van der Waals surface area contributed by atoms with Gasteiger partial charge in [-0.1, -0.05) is 6.07 Å². The van der Waals surface area contributed by atoms with Crippen LogP contribution in [0.4, 0.5) is 10.5 Å². The molecular weight excluding hydrogens is 256 g/mol. The number of aryl methyl sites for hydroxylation is 1. The van der Waals surface area contributed by atoms with Crippen LogP contribution in [0, 0.1) is 0 Å². The molecule has 0 aliphatic heterocycles. The summed E-state index contributed by atoms with van der Waals surface area (Å²) in [4.78, 5) is 23.5. The predicted molar refractivity (Wildman–Crippen MR) is 77.0 cm³/mol. The first-order chi connectivity index (χ1) is 9.56. The van der Waals surface area contributed by atoms with Crippen molar-refractivity contribution in [2.45, 2.75) is 38.7 Å². The molecule has 0 radical (unpaired) electrons. The molecule has 2 amide bonds. The normalized spacial score (nSPS) is 15.4. The highest BCUT2D eigenvalue weighted by molar-refractivity contribution is 6.00. The number of rotatable bonds is 4. The molecule has 3 N–H and O–H groups in total. The number of benzene rings is 1. The minimum absolute atomic E-state index is 0.143. The highest BCUT2D eigenvalue weighted by Crippen LogP contribution is 2.24. The summed E-state index contributed by atoms with van der Waals surface area (Å²) < 4.78 is 0. The third kappa shape index (κ3) is 3.81. The van der Waals surface area contributed by atoms with Gasteiger partial charge in [-0.15, -0.1) is 0 Å². The maximum absolute atomic E-state index is 11.8. The number of aliphatic hydroxyl groups is 1. The highest BCUT2D eigenvalue weighted by atomic mass is 16.3. The third-order valence-corrected chi connectivity index (χ3v) is 3.37. The average Bonchev–Trinajstić information content (AvgIpc) is 2.39. The van der Waals surface area contributed by atoms with Crippen LogP contribution in [0.25, 0.3) is 0 Å². The van der Waals surface area contributed by atoms with E-state index < -0.39 is 6.10 Å². The maximum Gasteiger partial charge on any atom is 0.319 e. The standard InChI is InChI=1S/C15H20N2O3/c1-10(18)7-8-16-15(20)17-12-6-5-11-3-2-4-14(19)13(11)9-12/h5-6,9-10,18H,2-4,7-8H2,1H3,(H2,16,17,20). The second kappa shape index (κ2) is 6.52. The molecule has 0 spiro atoms. The molecule has 0 saturated heterocycles. The summed E-state index contributed by atoms with van der Waals surface area (Å²) in [6.45, 7) is 2.09. The van der Waals surface area contributed by atoms with Crippen molar-refractivity contribution in [3.63, 3.8) is 0 Å².